The van der Waals surface area contributed by atoms with Crippen molar-refractivity contribution in [3.63, 3.8) is 0 Å². The molecule has 3 rings (SSSR count). The Balaban J connectivity index is 0.000000208. The fourth-order valence-corrected chi connectivity index (χ4v) is 3.49. The van der Waals surface area contributed by atoms with Crippen molar-refractivity contribution in [1.29, 1.82) is 15.8 Å². The Morgan fingerprint density at radius 1 is 1.04 bits per heavy atom. The minimum atomic E-state index is -0.470. The second-order valence-corrected chi connectivity index (χ2v) is 6.42. The van der Waals surface area contributed by atoms with Gasteiger partial charge in [0.15, 0.2) is 0 Å². The minimum Gasteiger partial charge on any atom is -0.465 e. The van der Waals surface area contributed by atoms with Gasteiger partial charge >= 0.3 is 5.97 Å². The van der Waals surface area contributed by atoms with E-state index in [9.17, 15) is 4.79 Å². The zero-order valence-corrected chi connectivity index (χ0v) is 15.6. The van der Waals surface area contributed by atoms with Crippen LogP contribution in [-0.2, 0) is 4.74 Å². The average Bonchev–Trinajstić information content (AvgIpc) is 3.05. The summed E-state index contributed by atoms with van der Waals surface area (Å²) < 4.78 is 5.35. The number of nitrogens with two attached hydrogens (primary N) is 1. The summed E-state index contributed by atoms with van der Waals surface area (Å²) in [5.41, 5.74) is 7.41. The molecular formula is C19H11ClN4O2S. The van der Waals surface area contributed by atoms with E-state index in [1.54, 1.807) is 36.4 Å². The summed E-state index contributed by atoms with van der Waals surface area (Å²) in [7, 11) is 1.30. The van der Waals surface area contributed by atoms with E-state index in [2.05, 4.69) is 10.8 Å². The highest BCUT2D eigenvalue weighted by molar-refractivity contribution is 7.21. The molecule has 0 atom stereocenters. The van der Waals surface area contributed by atoms with Crippen LogP contribution in [0.2, 0.25) is 5.02 Å². The molecule has 0 saturated heterocycles. The molecule has 0 aliphatic carbocycles. The summed E-state index contributed by atoms with van der Waals surface area (Å²) in [5.74, 6) is -0.470. The first-order valence-electron chi connectivity index (χ1n) is 7.36. The predicted octanol–water partition coefficient (Wildman–Crippen LogP) is 4.23. The molecule has 2 aromatic carbocycles. The number of thiophene rings is 1. The molecule has 132 valence electrons. The summed E-state index contributed by atoms with van der Waals surface area (Å²) >= 11 is 6.85. The maximum atomic E-state index is 11.4. The zero-order valence-electron chi connectivity index (χ0n) is 14.0. The van der Waals surface area contributed by atoms with Crippen LogP contribution in [0.5, 0.6) is 0 Å². The van der Waals surface area contributed by atoms with Gasteiger partial charge in [-0.1, -0.05) is 29.8 Å². The van der Waals surface area contributed by atoms with E-state index in [1.807, 2.05) is 12.1 Å². The Bertz CT molecular complexity index is 1120. The Hall–Kier alpha value is -3.57. The van der Waals surface area contributed by atoms with Crippen LogP contribution in [0.15, 0.2) is 36.4 Å². The first-order chi connectivity index (χ1) is 13.0. The van der Waals surface area contributed by atoms with Crippen molar-refractivity contribution in [3.8, 4) is 18.2 Å². The highest BCUT2D eigenvalue weighted by Gasteiger charge is 2.18. The second-order valence-electron chi connectivity index (χ2n) is 5.02. The summed E-state index contributed by atoms with van der Waals surface area (Å²) in [6.07, 6.45) is 0. The van der Waals surface area contributed by atoms with E-state index in [1.165, 1.54) is 18.4 Å². The van der Waals surface area contributed by atoms with Crippen molar-refractivity contribution in [2.24, 2.45) is 0 Å². The fraction of sp³-hybridized carbons (Fsp3) is 0.0526. The molecule has 2 N–H and O–H groups in total. The number of methoxy groups -OCH3 is 1. The third-order valence-electron chi connectivity index (χ3n) is 3.48. The normalized spacial score (nSPS) is 9.30. The minimum absolute atomic E-state index is 0.234. The molecule has 3 aromatic rings. The highest BCUT2D eigenvalue weighted by atomic mass is 35.5. The smallest absolute Gasteiger partial charge is 0.350 e. The van der Waals surface area contributed by atoms with Crippen LogP contribution in [0.4, 0.5) is 5.69 Å². The molecule has 0 aliphatic heterocycles. The molecule has 0 saturated carbocycles. The molecule has 1 heterocycles. The zero-order chi connectivity index (χ0) is 20.0. The summed E-state index contributed by atoms with van der Waals surface area (Å²) in [6, 6.07) is 15.8. The number of carbonyl (C=O) groups is 1. The number of ether oxygens (including phenoxy) is 1. The van der Waals surface area contributed by atoms with Crippen molar-refractivity contribution in [3.05, 3.63) is 63.0 Å². The van der Waals surface area contributed by atoms with Gasteiger partial charge in [0.1, 0.15) is 23.1 Å². The quantitative estimate of drug-likeness (QED) is 0.616. The summed E-state index contributed by atoms with van der Waals surface area (Å²) in [4.78, 5) is 11.8. The van der Waals surface area contributed by atoms with Crippen molar-refractivity contribution in [2.75, 3.05) is 12.8 Å². The number of nitrogens with zero attached hydrogens (tertiary/aromatic N) is 3. The molecule has 0 spiro atoms. The topological polar surface area (TPSA) is 124 Å². The van der Waals surface area contributed by atoms with E-state index >= 15 is 0 Å². The molecule has 0 aliphatic rings. The van der Waals surface area contributed by atoms with Gasteiger partial charge in [-0.05, 0) is 18.2 Å². The van der Waals surface area contributed by atoms with Gasteiger partial charge in [0, 0.05) is 5.39 Å². The van der Waals surface area contributed by atoms with Crippen molar-refractivity contribution >= 4 is 44.7 Å². The van der Waals surface area contributed by atoms with Gasteiger partial charge in [0.25, 0.3) is 0 Å². The van der Waals surface area contributed by atoms with E-state index < -0.39 is 5.97 Å². The van der Waals surface area contributed by atoms with Crippen molar-refractivity contribution < 1.29 is 9.53 Å². The Morgan fingerprint density at radius 3 is 2.07 bits per heavy atom. The van der Waals surface area contributed by atoms with Gasteiger partial charge in [-0.25, -0.2) is 4.79 Å². The molecule has 6 nitrogen and oxygen atoms in total. The Morgan fingerprint density at radius 2 is 1.56 bits per heavy atom. The second kappa shape index (κ2) is 8.69. The lowest BCUT2D eigenvalue weighted by Gasteiger charge is -1.95. The number of halogens is 1. The number of fused-ring (bicyclic) bond motifs is 1. The Labute approximate surface area is 164 Å². The molecule has 1 aromatic heterocycles. The number of nitriles is 3. The molecule has 27 heavy (non-hydrogen) atoms. The van der Waals surface area contributed by atoms with E-state index in [4.69, 9.17) is 33.1 Å². The number of nitrogen functional groups attached to an aromatic ring is 1. The number of esters is 1. The molecule has 0 amide bonds. The van der Waals surface area contributed by atoms with Crippen LogP contribution in [0, 0.1) is 34.0 Å². The average molecular weight is 395 g/mol. The SMILES string of the molecule is COC(=O)c1sc2c(C#N)cccc2c1N.N#Cc1cccc(C#N)c1Cl. The van der Waals surface area contributed by atoms with Gasteiger partial charge in [-0.2, -0.15) is 15.8 Å². The number of carbonyl (C=O) groups excluding carboxylic acids is 1. The van der Waals surface area contributed by atoms with Crippen molar-refractivity contribution in [1.82, 2.24) is 0 Å². The van der Waals surface area contributed by atoms with Gasteiger partial charge in [-0.3, -0.25) is 0 Å². The van der Waals surface area contributed by atoms with E-state index in [-0.39, 0.29) is 5.02 Å². The van der Waals surface area contributed by atoms with Gasteiger partial charge in [0.05, 0.1) is 39.2 Å². The highest BCUT2D eigenvalue weighted by Crippen LogP contribution is 2.35. The molecule has 0 radical (unpaired) electrons. The maximum Gasteiger partial charge on any atom is 0.350 e. The monoisotopic (exact) mass is 394 g/mol. The number of hydrogen-bond donors (Lipinski definition) is 1. The van der Waals surface area contributed by atoms with Gasteiger partial charge in [-0.15, -0.1) is 11.3 Å². The van der Waals surface area contributed by atoms with Gasteiger partial charge < -0.3 is 10.5 Å². The predicted molar refractivity (Wildman–Crippen MR) is 103 cm³/mol. The summed E-state index contributed by atoms with van der Waals surface area (Å²) in [6.45, 7) is 0. The third kappa shape index (κ3) is 3.99. The number of anilines is 1. The first kappa shape index (κ1) is 19.8. The number of hydrogen-bond acceptors (Lipinski definition) is 7. The first-order valence-corrected chi connectivity index (χ1v) is 8.56. The van der Waals surface area contributed by atoms with Crippen LogP contribution in [-0.4, -0.2) is 13.1 Å². The number of rotatable bonds is 1. The summed E-state index contributed by atoms with van der Waals surface area (Å²) in [5, 5.41) is 26.9. The van der Waals surface area contributed by atoms with Crippen LogP contribution in [0.25, 0.3) is 10.1 Å². The molecule has 0 fully saturated rings. The van der Waals surface area contributed by atoms with Crippen LogP contribution in [0.3, 0.4) is 0 Å². The largest absolute Gasteiger partial charge is 0.465 e. The van der Waals surface area contributed by atoms with E-state index in [0.717, 1.165) is 10.1 Å². The van der Waals surface area contributed by atoms with Crippen LogP contribution in [0.1, 0.15) is 26.4 Å². The van der Waals surface area contributed by atoms with Gasteiger partial charge in [0.2, 0.25) is 0 Å². The lowest BCUT2D eigenvalue weighted by atomic mass is 10.1. The lowest BCUT2D eigenvalue weighted by molar-refractivity contribution is 0.0607. The molecular weight excluding hydrogens is 384 g/mol. The van der Waals surface area contributed by atoms with Crippen LogP contribution < -0.4 is 5.73 Å². The lowest BCUT2D eigenvalue weighted by Crippen LogP contribution is -2.01. The standard InChI is InChI=1S/C11H8N2O2S.C8H3ClN2/c1-15-11(14)10-8(13)7-4-2-3-6(5-12)9(7)16-10;9-8-6(4-10)2-1-3-7(8)5-11/h2-4H,13H2,1H3;1-3H. The Kier molecular flexibility index (Phi) is 6.36. The molecule has 0 bridgehead atoms. The third-order valence-corrected chi connectivity index (χ3v) is 5.13. The number of benzene rings is 2. The van der Waals surface area contributed by atoms with E-state index in [0.29, 0.717) is 27.3 Å². The maximum absolute atomic E-state index is 11.4. The van der Waals surface area contributed by atoms with Crippen LogP contribution >= 0.6 is 22.9 Å². The fourth-order valence-electron chi connectivity index (χ4n) is 2.18. The molecule has 8 heteroatoms. The molecule has 0 unspecified atom stereocenters. The van der Waals surface area contributed by atoms with Crippen molar-refractivity contribution in [2.45, 2.75) is 0 Å².